The molecule has 0 bridgehead atoms. The molecule has 0 fully saturated rings. The lowest BCUT2D eigenvalue weighted by Gasteiger charge is -2.00. The maximum absolute atomic E-state index is 10.2. The standard InChI is InChI=1S/C11H16O2/c1-10(7-8-12)5-3-4-6-11(2)9-13/h8-9H,1-7H2. The predicted molar refractivity (Wildman–Crippen MR) is 53.5 cm³/mol. The molecule has 0 amide bonds. The Labute approximate surface area is 79.3 Å². The van der Waals surface area contributed by atoms with E-state index in [4.69, 9.17) is 0 Å². The molecule has 0 rings (SSSR count). The van der Waals surface area contributed by atoms with E-state index in [1.54, 1.807) is 0 Å². The molecule has 0 aromatic carbocycles. The van der Waals surface area contributed by atoms with E-state index in [0.717, 1.165) is 43.8 Å². The topological polar surface area (TPSA) is 34.1 Å². The third-order valence-corrected chi connectivity index (χ3v) is 1.82. The fourth-order valence-electron chi connectivity index (χ4n) is 1.01. The molecule has 0 aromatic rings. The van der Waals surface area contributed by atoms with E-state index in [-0.39, 0.29) is 0 Å². The Hall–Kier alpha value is -1.18. The van der Waals surface area contributed by atoms with Crippen molar-refractivity contribution in [2.24, 2.45) is 0 Å². The zero-order valence-electron chi connectivity index (χ0n) is 7.92. The van der Waals surface area contributed by atoms with Crippen LogP contribution in [-0.4, -0.2) is 12.6 Å². The van der Waals surface area contributed by atoms with Crippen molar-refractivity contribution in [2.75, 3.05) is 0 Å². The van der Waals surface area contributed by atoms with Gasteiger partial charge < -0.3 is 4.79 Å². The molecule has 0 saturated heterocycles. The van der Waals surface area contributed by atoms with Crippen LogP contribution >= 0.6 is 0 Å². The summed E-state index contributed by atoms with van der Waals surface area (Å²) >= 11 is 0. The lowest BCUT2D eigenvalue weighted by Crippen LogP contribution is -1.86. The van der Waals surface area contributed by atoms with Crippen molar-refractivity contribution >= 4 is 12.6 Å². The average Bonchev–Trinajstić information content (AvgIpc) is 2.12. The van der Waals surface area contributed by atoms with Crippen LogP contribution in [0.5, 0.6) is 0 Å². The van der Waals surface area contributed by atoms with Crippen LogP contribution in [0.4, 0.5) is 0 Å². The van der Waals surface area contributed by atoms with Crippen LogP contribution in [0.15, 0.2) is 24.3 Å². The Morgan fingerprint density at radius 2 is 1.69 bits per heavy atom. The third-order valence-electron chi connectivity index (χ3n) is 1.82. The fraction of sp³-hybridized carbons (Fsp3) is 0.455. The first-order chi connectivity index (χ1) is 6.20. The number of carbonyl (C=O) groups excluding carboxylic acids is 2. The van der Waals surface area contributed by atoms with E-state index in [1.807, 2.05) is 0 Å². The number of unbranched alkanes of at least 4 members (excludes halogenated alkanes) is 1. The van der Waals surface area contributed by atoms with Crippen LogP contribution in [0, 0.1) is 0 Å². The molecule has 0 radical (unpaired) electrons. The van der Waals surface area contributed by atoms with Crippen molar-refractivity contribution in [1.82, 2.24) is 0 Å². The van der Waals surface area contributed by atoms with Crippen LogP contribution in [-0.2, 0) is 9.59 Å². The number of hydrogen-bond donors (Lipinski definition) is 0. The molecule has 0 saturated carbocycles. The second-order valence-electron chi connectivity index (χ2n) is 3.10. The number of aldehydes is 2. The highest BCUT2D eigenvalue weighted by atomic mass is 16.1. The number of rotatable bonds is 8. The van der Waals surface area contributed by atoms with Gasteiger partial charge in [0.25, 0.3) is 0 Å². The van der Waals surface area contributed by atoms with Gasteiger partial charge in [0.05, 0.1) is 0 Å². The van der Waals surface area contributed by atoms with E-state index in [2.05, 4.69) is 13.2 Å². The third kappa shape index (κ3) is 7.19. The highest BCUT2D eigenvalue weighted by molar-refractivity contribution is 5.71. The second-order valence-corrected chi connectivity index (χ2v) is 3.10. The summed E-state index contributed by atoms with van der Waals surface area (Å²) in [5.74, 6) is 0. The number of carbonyl (C=O) groups is 2. The van der Waals surface area contributed by atoms with Crippen LogP contribution in [0.1, 0.15) is 32.1 Å². The van der Waals surface area contributed by atoms with E-state index in [9.17, 15) is 9.59 Å². The minimum atomic E-state index is 0.453. The van der Waals surface area contributed by atoms with Gasteiger partial charge in [-0.3, -0.25) is 4.79 Å². The van der Waals surface area contributed by atoms with Crippen LogP contribution in [0.3, 0.4) is 0 Å². The predicted octanol–water partition coefficient (Wildman–Crippen LogP) is 2.45. The number of allylic oxidation sites excluding steroid dienone is 2. The zero-order chi connectivity index (χ0) is 10.1. The maximum Gasteiger partial charge on any atom is 0.145 e. The molecule has 2 heteroatoms. The van der Waals surface area contributed by atoms with Crippen LogP contribution in [0.2, 0.25) is 0 Å². The first kappa shape index (κ1) is 11.8. The van der Waals surface area contributed by atoms with Gasteiger partial charge in [-0.2, -0.15) is 0 Å². The normalized spacial score (nSPS) is 9.23. The van der Waals surface area contributed by atoms with Gasteiger partial charge >= 0.3 is 0 Å². The minimum Gasteiger partial charge on any atom is -0.303 e. The number of hydrogen-bond acceptors (Lipinski definition) is 2. The zero-order valence-corrected chi connectivity index (χ0v) is 7.92. The van der Waals surface area contributed by atoms with Crippen molar-refractivity contribution in [3.63, 3.8) is 0 Å². The molecule has 0 N–H and O–H groups in total. The van der Waals surface area contributed by atoms with Crippen molar-refractivity contribution < 1.29 is 9.59 Å². The molecular formula is C11H16O2. The smallest absolute Gasteiger partial charge is 0.145 e. The molecule has 2 nitrogen and oxygen atoms in total. The van der Waals surface area contributed by atoms with E-state index in [0.29, 0.717) is 12.0 Å². The van der Waals surface area contributed by atoms with Crippen molar-refractivity contribution in [2.45, 2.75) is 32.1 Å². The molecule has 13 heavy (non-hydrogen) atoms. The monoisotopic (exact) mass is 180 g/mol. The molecule has 0 aromatic heterocycles. The first-order valence-electron chi connectivity index (χ1n) is 4.44. The highest BCUT2D eigenvalue weighted by Crippen LogP contribution is 2.11. The largest absolute Gasteiger partial charge is 0.303 e. The maximum atomic E-state index is 10.2. The lowest BCUT2D eigenvalue weighted by molar-refractivity contribution is -0.107. The summed E-state index contributed by atoms with van der Waals surface area (Å²) in [4.78, 5) is 20.3. The van der Waals surface area contributed by atoms with E-state index >= 15 is 0 Å². The van der Waals surface area contributed by atoms with Crippen molar-refractivity contribution in [3.05, 3.63) is 24.3 Å². The molecule has 0 aliphatic rings. The second kappa shape index (κ2) is 7.47. The molecular weight excluding hydrogens is 164 g/mol. The Morgan fingerprint density at radius 3 is 2.23 bits per heavy atom. The molecule has 0 spiro atoms. The Bertz CT molecular complexity index is 204. The van der Waals surface area contributed by atoms with Crippen molar-refractivity contribution in [3.8, 4) is 0 Å². The van der Waals surface area contributed by atoms with Gasteiger partial charge in [-0.15, -0.1) is 0 Å². The van der Waals surface area contributed by atoms with Crippen LogP contribution < -0.4 is 0 Å². The quantitative estimate of drug-likeness (QED) is 0.249. The highest BCUT2D eigenvalue weighted by Gasteiger charge is 1.95. The summed E-state index contributed by atoms with van der Waals surface area (Å²) in [6, 6.07) is 0. The van der Waals surface area contributed by atoms with Gasteiger partial charge in [0.15, 0.2) is 0 Å². The first-order valence-corrected chi connectivity index (χ1v) is 4.44. The summed E-state index contributed by atoms with van der Waals surface area (Å²) in [5, 5.41) is 0. The minimum absolute atomic E-state index is 0.453. The lowest BCUT2D eigenvalue weighted by atomic mass is 10.0. The molecule has 0 atom stereocenters. The summed E-state index contributed by atoms with van der Waals surface area (Å²) in [7, 11) is 0. The summed E-state index contributed by atoms with van der Waals surface area (Å²) in [6.45, 7) is 7.34. The Morgan fingerprint density at radius 1 is 1.08 bits per heavy atom. The van der Waals surface area contributed by atoms with E-state index in [1.165, 1.54) is 0 Å². The Balaban J connectivity index is 3.35. The molecule has 0 aliphatic carbocycles. The van der Waals surface area contributed by atoms with E-state index < -0.39 is 0 Å². The van der Waals surface area contributed by atoms with Gasteiger partial charge in [0.2, 0.25) is 0 Å². The summed E-state index contributed by atoms with van der Waals surface area (Å²) in [6.07, 6.45) is 5.64. The Kier molecular flexibility index (Phi) is 6.79. The molecule has 0 aliphatic heterocycles. The molecule has 72 valence electrons. The van der Waals surface area contributed by atoms with Gasteiger partial charge in [0.1, 0.15) is 12.6 Å². The average molecular weight is 180 g/mol. The van der Waals surface area contributed by atoms with Gasteiger partial charge in [-0.05, 0) is 31.3 Å². The molecule has 0 heterocycles. The SMILES string of the molecule is C=C(C=O)CCCCC(=C)CC=O. The van der Waals surface area contributed by atoms with Gasteiger partial charge in [-0.25, -0.2) is 0 Å². The molecule has 0 unspecified atom stereocenters. The summed E-state index contributed by atoms with van der Waals surface area (Å²) < 4.78 is 0. The van der Waals surface area contributed by atoms with Crippen molar-refractivity contribution in [1.29, 1.82) is 0 Å². The van der Waals surface area contributed by atoms with Crippen LogP contribution in [0.25, 0.3) is 0 Å². The van der Waals surface area contributed by atoms with Gasteiger partial charge in [0, 0.05) is 6.42 Å². The van der Waals surface area contributed by atoms with Gasteiger partial charge in [-0.1, -0.05) is 18.7 Å². The summed E-state index contributed by atoms with van der Waals surface area (Å²) in [5.41, 5.74) is 1.60. The fourth-order valence-corrected chi connectivity index (χ4v) is 1.01.